The highest BCUT2D eigenvalue weighted by Crippen LogP contribution is 2.38. The van der Waals surface area contributed by atoms with E-state index in [0.29, 0.717) is 55.7 Å². The van der Waals surface area contributed by atoms with Gasteiger partial charge in [-0.1, -0.05) is 11.6 Å². The van der Waals surface area contributed by atoms with E-state index in [1.54, 1.807) is 23.1 Å². The molecule has 0 spiro atoms. The average Bonchev–Trinajstić information content (AvgIpc) is 2.87. The summed E-state index contributed by atoms with van der Waals surface area (Å²) in [4.78, 5) is 13.9. The molecule has 0 atom stereocenters. The van der Waals surface area contributed by atoms with Crippen molar-refractivity contribution in [2.24, 2.45) is 0 Å². The number of carbonyl (C=O) groups is 1. The molecule has 0 bridgehead atoms. The zero-order valence-electron chi connectivity index (χ0n) is 14.9. The van der Waals surface area contributed by atoms with Crippen LogP contribution in [0.25, 0.3) is 6.08 Å². The molecule has 0 unspecified atom stereocenters. The summed E-state index contributed by atoms with van der Waals surface area (Å²) >= 11 is 6.24. The number of ether oxygens (including phenoxy) is 2. The molecular formula is C19H23ClF2N2O3. The third-order valence-electron chi connectivity index (χ3n) is 4.58. The van der Waals surface area contributed by atoms with Gasteiger partial charge in [0.05, 0.1) is 24.8 Å². The Kier molecular flexibility index (Phi) is 6.90. The number of likely N-dealkylation sites (tertiary alicyclic amines) is 1. The summed E-state index contributed by atoms with van der Waals surface area (Å²) in [6, 6.07) is 3.52. The van der Waals surface area contributed by atoms with Crippen molar-refractivity contribution < 1.29 is 23.0 Å². The maximum Gasteiger partial charge on any atom is 0.251 e. The van der Waals surface area contributed by atoms with Crippen molar-refractivity contribution in [3.63, 3.8) is 0 Å². The predicted molar refractivity (Wildman–Crippen MR) is 99.7 cm³/mol. The molecule has 3 rings (SSSR count). The average molecular weight is 401 g/mol. The van der Waals surface area contributed by atoms with Crippen LogP contribution >= 0.6 is 11.6 Å². The number of nitrogens with one attached hydrogen (secondary N) is 1. The summed E-state index contributed by atoms with van der Waals surface area (Å²) in [5.74, 6) is 0.892. The Morgan fingerprint density at radius 3 is 2.78 bits per heavy atom. The van der Waals surface area contributed by atoms with Gasteiger partial charge in [0.2, 0.25) is 5.91 Å². The minimum absolute atomic E-state index is 0.00318. The van der Waals surface area contributed by atoms with Gasteiger partial charge in [0.25, 0.3) is 6.43 Å². The fourth-order valence-corrected chi connectivity index (χ4v) is 3.50. The molecule has 1 saturated heterocycles. The normalized spacial score (nSPS) is 18.7. The Morgan fingerprint density at radius 1 is 1.30 bits per heavy atom. The second-order valence-electron chi connectivity index (χ2n) is 6.69. The summed E-state index contributed by atoms with van der Waals surface area (Å²) < 4.78 is 36.0. The zero-order valence-corrected chi connectivity index (χ0v) is 15.7. The van der Waals surface area contributed by atoms with Crippen LogP contribution < -0.4 is 14.8 Å². The highest BCUT2D eigenvalue weighted by Gasteiger charge is 2.22. The van der Waals surface area contributed by atoms with Crippen LogP contribution in [0.1, 0.15) is 24.8 Å². The first-order valence-electron chi connectivity index (χ1n) is 9.09. The monoisotopic (exact) mass is 400 g/mol. The first kappa shape index (κ1) is 19.9. The van der Waals surface area contributed by atoms with E-state index in [2.05, 4.69) is 5.32 Å². The summed E-state index contributed by atoms with van der Waals surface area (Å²) in [7, 11) is 0. The number of fused-ring (bicyclic) bond motifs is 1. The van der Waals surface area contributed by atoms with Crippen molar-refractivity contribution in [3.8, 4) is 11.5 Å². The van der Waals surface area contributed by atoms with E-state index in [9.17, 15) is 13.6 Å². The van der Waals surface area contributed by atoms with E-state index in [0.717, 1.165) is 12.0 Å². The third-order valence-corrected chi connectivity index (χ3v) is 4.86. The van der Waals surface area contributed by atoms with Crippen LogP contribution in [0.5, 0.6) is 11.5 Å². The lowest BCUT2D eigenvalue weighted by atomic mass is 10.0. The lowest BCUT2D eigenvalue weighted by Crippen LogP contribution is -2.45. The predicted octanol–water partition coefficient (Wildman–Crippen LogP) is 3.36. The molecule has 2 aliphatic rings. The van der Waals surface area contributed by atoms with Gasteiger partial charge in [0, 0.05) is 31.6 Å². The smallest absolute Gasteiger partial charge is 0.251 e. The lowest BCUT2D eigenvalue weighted by molar-refractivity contribution is -0.117. The van der Waals surface area contributed by atoms with E-state index in [1.807, 2.05) is 0 Å². The second kappa shape index (κ2) is 9.37. The molecule has 0 saturated carbocycles. The van der Waals surface area contributed by atoms with Crippen molar-refractivity contribution in [1.29, 1.82) is 0 Å². The van der Waals surface area contributed by atoms with Crippen LogP contribution in [0.2, 0.25) is 5.02 Å². The number of benzene rings is 1. The number of hydrogen-bond acceptors (Lipinski definition) is 4. The van der Waals surface area contributed by atoms with Gasteiger partial charge in [-0.25, -0.2) is 8.78 Å². The molecule has 1 amide bonds. The second-order valence-corrected chi connectivity index (χ2v) is 7.10. The van der Waals surface area contributed by atoms with Crippen molar-refractivity contribution in [2.75, 3.05) is 32.8 Å². The topological polar surface area (TPSA) is 50.8 Å². The molecule has 148 valence electrons. The van der Waals surface area contributed by atoms with Crippen LogP contribution in [0.4, 0.5) is 8.78 Å². The standard InChI is InChI=1S/C19H23ClF2N2O3/c20-15-10-13(11-16-19(15)27-9-1-8-26-16)2-3-18(25)23-14-4-6-24(7-5-14)12-17(21)22/h2-3,10-11,14,17H,1,4-9,12H2,(H,23,25). The van der Waals surface area contributed by atoms with Crippen molar-refractivity contribution in [3.05, 3.63) is 28.8 Å². The molecule has 2 heterocycles. The fourth-order valence-electron chi connectivity index (χ4n) is 3.22. The molecule has 8 heteroatoms. The minimum Gasteiger partial charge on any atom is -0.489 e. The number of nitrogens with zero attached hydrogens (tertiary/aromatic N) is 1. The molecule has 1 aromatic carbocycles. The van der Waals surface area contributed by atoms with E-state index < -0.39 is 6.43 Å². The fraction of sp³-hybridized carbons (Fsp3) is 0.526. The summed E-state index contributed by atoms with van der Waals surface area (Å²) in [6.45, 7) is 2.04. The zero-order chi connectivity index (χ0) is 19.2. The van der Waals surface area contributed by atoms with Gasteiger partial charge >= 0.3 is 0 Å². The summed E-state index contributed by atoms with van der Waals surface area (Å²) in [5, 5.41) is 3.37. The molecule has 1 aromatic rings. The lowest BCUT2D eigenvalue weighted by Gasteiger charge is -2.31. The number of piperidine rings is 1. The van der Waals surface area contributed by atoms with Crippen molar-refractivity contribution in [2.45, 2.75) is 31.7 Å². The molecule has 1 N–H and O–H groups in total. The van der Waals surface area contributed by atoms with E-state index >= 15 is 0 Å². The van der Waals surface area contributed by atoms with Crippen LogP contribution in [-0.2, 0) is 4.79 Å². The highest BCUT2D eigenvalue weighted by atomic mass is 35.5. The summed E-state index contributed by atoms with van der Waals surface area (Å²) in [6.07, 6.45) is 2.92. The van der Waals surface area contributed by atoms with Gasteiger partial charge in [-0.2, -0.15) is 0 Å². The Morgan fingerprint density at radius 2 is 2.04 bits per heavy atom. The molecule has 2 aliphatic heterocycles. The highest BCUT2D eigenvalue weighted by molar-refractivity contribution is 6.32. The quantitative estimate of drug-likeness (QED) is 0.770. The van der Waals surface area contributed by atoms with Crippen molar-refractivity contribution in [1.82, 2.24) is 10.2 Å². The number of carbonyl (C=O) groups excluding carboxylic acids is 1. The van der Waals surface area contributed by atoms with E-state index in [4.69, 9.17) is 21.1 Å². The van der Waals surface area contributed by atoms with Gasteiger partial charge < -0.3 is 14.8 Å². The first-order chi connectivity index (χ1) is 13.0. The maximum atomic E-state index is 12.4. The molecule has 27 heavy (non-hydrogen) atoms. The Bertz CT molecular complexity index is 692. The Labute approximate surface area is 162 Å². The molecular weight excluding hydrogens is 378 g/mol. The van der Waals surface area contributed by atoms with E-state index in [-0.39, 0.29) is 18.5 Å². The molecule has 1 fully saturated rings. The Balaban J connectivity index is 1.53. The van der Waals surface area contributed by atoms with E-state index in [1.165, 1.54) is 6.08 Å². The van der Waals surface area contributed by atoms with Crippen LogP contribution in [0.15, 0.2) is 18.2 Å². The largest absolute Gasteiger partial charge is 0.489 e. The number of hydrogen-bond donors (Lipinski definition) is 1. The maximum absolute atomic E-state index is 12.4. The Hall–Kier alpha value is -1.86. The first-order valence-corrected chi connectivity index (χ1v) is 9.47. The number of halogens is 3. The number of rotatable bonds is 5. The SMILES string of the molecule is O=C(C=Cc1cc(Cl)c2c(c1)OCCCO2)NC1CCN(CC(F)F)CC1. The van der Waals surface area contributed by atoms with Gasteiger partial charge in [-0.05, 0) is 36.6 Å². The number of alkyl halides is 2. The molecule has 0 radical (unpaired) electrons. The van der Waals surface area contributed by atoms with Crippen molar-refractivity contribution >= 4 is 23.6 Å². The molecule has 0 aromatic heterocycles. The molecule has 0 aliphatic carbocycles. The van der Waals surface area contributed by atoms with Gasteiger partial charge in [-0.3, -0.25) is 9.69 Å². The van der Waals surface area contributed by atoms with Gasteiger partial charge in [0.1, 0.15) is 0 Å². The minimum atomic E-state index is -2.32. The molecule has 5 nitrogen and oxygen atoms in total. The van der Waals surface area contributed by atoms with Crippen LogP contribution in [0.3, 0.4) is 0 Å². The van der Waals surface area contributed by atoms with Crippen LogP contribution in [-0.4, -0.2) is 56.1 Å². The van der Waals surface area contributed by atoms with Gasteiger partial charge in [0.15, 0.2) is 11.5 Å². The number of amides is 1. The van der Waals surface area contributed by atoms with Gasteiger partial charge in [-0.15, -0.1) is 0 Å². The summed E-state index contributed by atoms with van der Waals surface area (Å²) in [5.41, 5.74) is 0.742. The third kappa shape index (κ3) is 5.81. The van der Waals surface area contributed by atoms with Crippen LogP contribution in [0, 0.1) is 0 Å².